The molecule has 222 valence electrons. The average Bonchev–Trinajstić information content (AvgIpc) is 3.64. The topological polar surface area (TPSA) is 98.7 Å². The maximum Gasteiger partial charge on any atom is 0.319 e. The second-order valence-corrected chi connectivity index (χ2v) is 10.9. The van der Waals surface area contributed by atoms with E-state index in [4.69, 9.17) is 14.1 Å². The second kappa shape index (κ2) is 11.6. The summed E-state index contributed by atoms with van der Waals surface area (Å²) in [6.07, 6.45) is 3.41. The normalized spacial score (nSPS) is 19.2. The highest BCUT2D eigenvalue weighted by Crippen LogP contribution is 2.41. The minimum atomic E-state index is -1.10. The van der Waals surface area contributed by atoms with Crippen LogP contribution in [0, 0.1) is 23.0 Å². The first-order valence-corrected chi connectivity index (χ1v) is 14.0. The summed E-state index contributed by atoms with van der Waals surface area (Å²) in [6, 6.07) is 8.58. The van der Waals surface area contributed by atoms with Gasteiger partial charge < -0.3 is 23.9 Å². The van der Waals surface area contributed by atoms with Crippen molar-refractivity contribution in [1.82, 2.24) is 19.8 Å². The number of likely N-dealkylation sites (tertiary alicyclic amines) is 1. The summed E-state index contributed by atoms with van der Waals surface area (Å²) in [5, 5.41) is 10.4. The van der Waals surface area contributed by atoms with Crippen LogP contribution < -0.4 is 9.64 Å². The van der Waals surface area contributed by atoms with Gasteiger partial charge in [0, 0.05) is 36.6 Å². The number of fused-ring (bicyclic) bond motifs is 3. The zero-order valence-electron chi connectivity index (χ0n) is 23.5. The van der Waals surface area contributed by atoms with Gasteiger partial charge in [-0.1, -0.05) is 12.6 Å². The molecule has 0 spiro atoms. The van der Waals surface area contributed by atoms with Gasteiger partial charge in [-0.15, -0.1) is 0 Å². The number of piperazine rings is 1. The lowest BCUT2D eigenvalue weighted by atomic mass is 9.98. The Hall–Kier alpha value is -4.63. The van der Waals surface area contributed by atoms with Gasteiger partial charge in [0.1, 0.15) is 29.6 Å². The standard InChI is InChI=1S/C31H29F3N6O3/c1-18(32)30(41)40-13-12-39(16-19(40)8-10-35)29-27-25(36-31(37-29)43-17-20-5-4-11-38(20)2)15-22(21-9-14-42-28(21)27)26-23(33)6-3-7-24(26)34/h3,6-7,9,14-15,19-20H,1,4-5,8,11-13,16-17H2,2H3. The third kappa shape index (κ3) is 5.25. The maximum atomic E-state index is 15.0. The van der Waals surface area contributed by atoms with Crippen molar-refractivity contribution in [1.29, 1.82) is 5.26 Å². The van der Waals surface area contributed by atoms with Crippen molar-refractivity contribution in [3.63, 3.8) is 0 Å². The van der Waals surface area contributed by atoms with E-state index in [1.807, 2.05) is 11.9 Å². The van der Waals surface area contributed by atoms with Crippen LogP contribution in [0.3, 0.4) is 0 Å². The largest absolute Gasteiger partial charge is 0.463 e. The fraction of sp³-hybridized carbons (Fsp3) is 0.355. The Kier molecular flexibility index (Phi) is 7.66. The molecule has 6 rings (SSSR count). The number of anilines is 1. The molecule has 43 heavy (non-hydrogen) atoms. The first kappa shape index (κ1) is 28.5. The fourth-order valence-electron chi connectivity index (χ4n) is 6.06. The van der Waals surface area contributed by atoms with Gasteiger partial charge in [-0.3, -0.25) is 4.79 Å². The molecule has 4 aromatic rings. The van der Waals surface area contributed by atoms with E-state index in [1.165, 1.54) is 29.4 Å². The lowest BCUT2D eigenvalue weighted by Crippen LogP contribution is -2.55. The minimum Gasteiger partial charge on any atom is -0.463 e. The SMILES string of the molecule is C=C(F)C(=O)N1CCN(c2nc(OCC3CCCN3C)nc3cc(-c4c(F)cccc4F)c4ccoc4c23)CC1CC#N. The highest BCUT2D eigenvalue weighted by atomic mass is 19.1. The summed E-state index contributed by atoms with van der Waals surface area (Å²) in [5.41, 5.74) is 0.711. The number of furan rings is 1. The molecule has 2 aliphatic heterocycles. The number of rotatable bonds is 7. The van der Waals surface area contributed by atoms with Crippen molar-refractivity contribution in [3.05, 3.63) is 60.6 Å². The van der Waals surface area contributed by atoms with Crippen molar-refractivity contribution in [2.24, 2.45) is 0 Å². The molecule has 2 saturated heterocycles. The van der Waals surface area contributed by atoms with E-state index >= 15 is 0 Å². The van der Waals surface area contributed by atoms with Crippen molar-refractivity contribution in [2.75, 3.05) is 44.7 Å². The predicted molar refractivity (Wildman–Crippen MR) is 154 cm³/mol. The van der Waals surface area contributed by atoms with Gasteiger partial charge in [0.15, 0.2) is 5.83 Å². The van der Waals surface area contributed by atoms with E-state index in [9.17, 15) is 23.2 Å². The number of ether oxygens (including phenoxy) is 1. The van der Waals surface area contributed by atoms with Crippen LogP contribution in [0.4, 0.5) is 19.0 Å². The second-order valence-electron chi connectivity index (χ2n) is 10.9. The monoisotopic (exact) mass is 590 g/mol. The number of carbonyl (C=O) groups is 1. The molecule has 2 aromatic carbocycles. The molecule has 2 aromatic heterocycles. The quantitative estimate of drug-likeness (QED) is 0.271. The van der Waals surface area contributed by atoms with Gasteiger partial charge in [-0.25, -0.2) is 13.2 Å². The summed E-state index contributed by atoms with van der Waals surface area (Å²) in [4.78, 5) is 27.3. The molecule has 0 N–H and O–H groups in total. The number of amides is 1. The number of likely N-dealkylation sites (N-methyl/N-ethyl adjacent to an activating group) is 1. The Morgan fingerprint density at radius 3 is 2.67 bits per heavy atom. The lowest BCUT2D eigenvalue weighted by Gasteiger charge is -2.41. The Labute approximate surface area is 245 Å². The van der Waals surface area contributed by atoms with Gasteiger partial charge in [0.25, 0.3) is 5.91 Å². The van der Waals surface area contributed by atoms with Crippen LogP contribution in [0.15, 0.2) is 53.4 Å². The highest BCUT2D eigenvalue weighted by Gasteiger charge is 2.34. The fourth-order valence-corrected chi connectivity index (χ4v) is 6.06. The van der Waals surface area contributed by atoms with Crippen LogP contribution in [0.1, 0.15) is 19.3 Å². The van der Waals surface area contributed by atoms with E-state index in [0.717, 1.165) is 19.4 Å². The molecule has 12 heteroatoms. The molecular weight excluding hydrogens is 561 g/mol. The van der Waals surface area contributed by atoms with E-state index < -0.39 is 29.4 Å². The zero-order chi connectivity index (χ0) is 30.2. The molecular formula is C31H29F3N6O3. The van der Waals surface area contributed by atoms with Crippen LogP contribution in [0.25, 0.3) is 33.0 Å². The minimum absolute atomic E-state index is 0.0389. The number of nitriles is 1. The predicted octanol–water partition coefficient (Wildman–Crippen LogP) is 5.21. The van der Waals surface area contributed by atoms with Crippen LogP contribution in [0.5, 0.6) is 6.01 Å². The summed E-state index contributed by atoms with van der Waals surface area (Å²) in [7, 11) is 2.03. The molecule has 1 amide bonds. The summed E-state index contributed by atoms with van der Waals surface area (Å²) in [6.45, 7) is 4.96. The maximum absolute atomic E-state index is 15.0. The van der Waals surface area contributed by atoms with Gasteiger partial charge in [-0.2, -0.15) is 15.2 Å². The Balaban J connectivity index is 1.49. The van der Waals surface area contributed by atoms with Crippen LogP contribution in [0.2, 0.25) is 0 Å². The number of hydrogen-bond donors (Lipinski definition) is 0. The number of carbonyl (C=O) groups excluding carboxylic acids is 1. The lowest BCUT2D eigenvalue weighted by molar-refractivity contribution is -0.131. The molecule has 0 radical (unpaired) electrons. The average molecular weight is 591 g/mol. The number of nitrogens with zero attached hydrogens (tertiary/aromatic N) is 6. The summed E-state index contributed by atoms with van der Waals surface area (Å²) in [5.74, 6) is -3.00. The smallest absolute Gasteiger partial charge is 0.319 e. The molecule has 0 bridgehead atoms. The first-order valence-electron chi connectivity index (χ1n) is 14.0. The first-order chi connectivity index (χ1) is 20.8. The Bertz CT molecular complexity index is 1750. The van der Waals surface area contributed by atoms with Gasteiger partial charge in [0.05, 0.1) is 41.3 Å². The van der Waals surface area contributed by atoms with Gasteiger partial charge in [-0.05, 0) is 50.7 Å². The van der Waals surface area contributed by atoms with E-state index in [1.54, 1.807) is 12.1 Å². The van der Waals surface area contributed by atoms with Crippen molar-refractivity contribution >= 4 is 33.6 Å². The summed E-state index contributed by atoms with van der Waals surface area (Å²) < 4.78 is 55.8. The van der Waals surface area contributed by atoms with Gasteiger partial charge >= 0.3 is 6.01 Å². The van der Waals surface area contributed by atoms with Crippen LogP contribution >= 0.6 is 0 Å². The molecule has 2 unspecified atom stereocenters. The van der Waals surface area contributed by atoms with Crippen LogP contribution in [-0.2, 0) is 4.79 Å². The summed E-state index contributed by atoms with van der Waals surface area (Å²) >= 11 is 0. The number of aromatic nitrogens is 2. The number of halogens is 3. The van der Waals surface area contributed by atoms with Crippen LogP contribution in [-0.4, -0.2) is 77.6 Å². The molecule has 2 aliphatic rings. The zero-order valence-corrected chi connectivity index (χ0v) is 23.5. The van der Waals surface area contributed by atoms with E-state index in [-0.39, 0.29) is 49.2 Å². The number of benzene rings is 2. The molecule has 0 saturated carbocycles. The third-order valence-electron chi connectivity index (χ3n) is 8.27. The molecule has 2 fully saturated rings. The van der Waals surface area contributed by atoms with E-state index in [2.05, 4.69) is 22.5 Å². The number of hydrogen-bond acceptors (Lipinski definition) is 8. The highest BCUT2D eigenvalue weighted by molar-refractivity contribution is 6.14. The van der Waals surface area contributed by atoms with Crippen molar-refractivity contribution < 1.29 is 27.1 Å². The van der Waals surface area contributed by atoms with Gasteiger partial charge in [0.2, 0.25) is 0 Å². The van der Waals surface area contributed by atoms with Crippen molar-refractivity contribution in [2.45, 2.75) is 31.3 Å². The molecule has 0 aliphatic carbocycles. The molecule has 4 heterocycles. The van der Waals surface area contributed by atoms with Crippen molar-refractivity contribution in [3.8, 4) is 23.2 Å². The Morgan fingerprint density at radius 1 is 1.19 bits per heavy atom. The molecule has 2 atom stereocenters. The molecule has 9 nitrogen and oxygen atoms in total. The Morgan fingerprint density at radius 2 is 1.98 bits per heavy atom. The third-order valence-corrected chi connectivity index (χ3v) is 8.27. The van der Waals surface area contributed by atoms with E-state index in [0.29, 0.717) is 34.3 Å².